The van der Waals surface area contributed by atoms with Crippen LogP contribution in [0.4, 0.5) is 13.2 Å². The molecule has 1 heterocycles. The first-order chi connectivity index (χ1) is 7.74. The third-order valence-electron chi connectivity index (χ3n) is 2.31. The van der Waals surface area contributed by atoms with Gasteiger partial charge in [0.15, 0.2) is 0 Å². The van der Waals surface area contributed by atoms with Crippen LogP contribution in [0, 0.1) is 0 Å². The summed E-state index contributed by atoms with van der Waals surface area (Å²) in [5.74, 6) is -1.18. The largest absolute Gasteiger partial charge is 0.476 e. The lowest BCUT2D eigenvalue weighted by Gasteiger charge is -2.35. The van der Waals surface area contributed by atoms with Crippen LogP contribution in [0.2, 0.25) is 0 Å². The topological polar surface area (TPSA) is 26.3 Å². The zero-order valence-electron chi connectivity index (χ0n) is 8.09. The number of halogens is 5. The van der Waals surface area contributed by atoms with Crippen LogP contribution < -0.4 is 4.74 Å². The second kappa shape index (κ2) is 3.78. The fourth-order valence-corrected chi connectivity index (χ4v) is 2.07. The molecular formula is C10H5Cl2F3O2. The SMILES string of the molecule is O=C1c2ccccc2OC(C(F)(F)F)C1(Cl)Cl. The van der Waals surface area contributed by atoms with Crippen LogP contribution >= 0.6 is 23.2 Å². The molecule has 1 aliphatic rings. The van der Waals surface area contributed by atoms with Gasteiger partial charge in [-0.2, -0.15) is 13.2 Å². The highest BCUT2D eigenvalue weighted by Crippen LogP contribution is 2.45. The van der Waals surface area contributed by atoms with Crippen molar-refractivity contribution in [2.45, 2.75) is 16.6 Å². The molecule has 0 saturated heterocycles. The van der Waals surface area contributed by atoms with Crippen LogP contribution in [0.25, 0.3) is 0 Å². The Kier molecular flexibility index (Phi) is 2.78. The van der Waals surface area contributed by atoms with Crippen LogP contribution in [-0.2, 0) is 0 Å². The van der Waals surface area contributed by atoms with E-state index in [4.69, 9.17) is 23.2 Å². The van der Waals surface area contributed by atoms with E-state index in [1.54, 1.807) is 0 Å². The summed E-state index contributed by atoms with van der Waals surface area (Å²) in [5.41, 5.74) is -0.0574. The second-order valence-electron chi connectivity index (χ2n) is 3.49. The molecule has 1 aromatic rings. The van der Waals surface area contributed by atoms with Crippen molar-refractivity contribution < 1.29 is 22.7 Å². The van der Waals surface area contributed by atoms with E-state index < -0.39 is 22.4 Å². The molecule has 2 nitrogen and oxygen atoms in total. The normalized spacial score (nSPS) is 22.9. The van der Waals surface area contributed by atoms with Gasteiger partial charge in [0.1, 0.15) is 5.75 Å². The quantitative estimate of drug-likeness (QED) is 0.683. The van der Waals surface area contributed by atoms with Crippen molar-refractivity contribution in [2.75, 3.05) is 0 Å². The van der Waals surface area contributed by atoms with Crippen molar-refractivity contribution in [2.24, 2.45) is 0 Å². The first-order valence-electron chi connectivity index (χ1n) is 4.49. The molecule has 0 bridgehead atoms. The Morgan fingerprint density at radius 2 is 1.82 bits per heavy atom. The van der Waals surface area contributed by atoms with Crippen molar-refractivity contribution in [3.63, 3.8) is 0 Å². The molecule has 0 spiro atoms. The lowest BCUT2D eigenvalue weighted by atomic mass is 9.99. The van der Waals surface area contributed by atoms with Crippen LogP contribution in [0.15, 0.2) is 24.3 Å². The molecule has 0 fully saturated rings. The standard InChI is InChI=1S/C10H5Cl2F3O2/c11-9(12)7(16)5-3-1-2-4-6(5)17-8(9)10(13,14)15/h1-4,8H. The van der Waals surface area contributed by atoms with Gasteiger partial charge in [0.05, 0.1) is 5.56 Å². The van der Waals surface area contributed by atoms with Gasteiger partial charge in [-0.3, -0.25) is 4.79 Å². The Morgan fingerprint density at radius 1 is 1.24 bits per heavy atom. The summed E-state index contributed by atoms with van der Waals surface area (Å²) in [4.78, 5) is 11.8. The summed E-state index contributed by atoms with van der Waals surface area (Å²) in [6, 6.07) is 5.51. The highest BCUT2D eigenvalue weighted by molar-refractivity contribution is 6.60. The van der Waals surface area contributed by atoms with Crippen LogP contribution in [0.1, 0.15) is 10.4 Å². The molecule has 0 radical (unpaired) electrons. The molecule has 7 heteroatoms. The molecule has 0 aliphatic carbocycles. The Labute approximate surface area is 104 Å². The highest BCUT2D eigenvalue weighted by Gasteiger charge is 2.61. The molecule has 0 aromatic heterocycles. The van der Waals surface area contributed by atoms with E-state index in [0.717, 1.165) is 0 Å². The summed E-state index contributed by atoms with van der Waals surface area (Å²) in [7, 11) is 0. The highest BCUT2D eigenvalue weighted by atomic mass is 35.5. The number of rotatable bonds is 0. The van der Waals surface area contributed by atoms with E-state index in [2.05, 4.69) is 4.74 Å². The first kappa shape index (κ1) is 12.5. The molecule has 1 atom stereocenters. The van der Waals surface area contributed by atoms with Gasteiger partial charge >= 0.3 is 6.18 Å². The van der Waals surface area contributed by atoms with Gasteiger partial charge in [0.25, 0.3) is 0 Å². The maximum absolute atomic E-state index is 12.7. The number of alkyl halides is 5. The number of Topliss-reactive ketones (excluding diaryl/α,β-unsaturated/α-hetero) is 1. The zero-order chi connectivity index (χ0) is 12.8. The minimum atomic E-state index is -4.83. The van der Waals surface area contributed by atoms with Crippen LogP contribution in [0.3, 0.4) is 0 Å². The second-order valence-corrected chi connectivity index (χ2v) is 4.87. The maximum atomic E-state index is 12.7. The van der Waals surface area contributed by atoms with Crippen LogP contribution in [0.5, 0.6) is 5.75 Å². The minimum absolute atomic E-state index is 0.0574. The Balaban J connectivity index is 2.54. The lowest BCUT2D eigenvalue weighted by molar-refractivity contribution is -0.197. The van der Waals surface area contributed by atoms with Gasteiger partial charge in [0, 0.05) is 0 Å². The van der Waals surface area contributed by atoms with E-state index in [-0.39, 0.29) is 11.3 Å². The maximum Gasteiger partial charge on any atom is 0.428 e. The molecule has 92 valence electrons. The van der Waals surface area contributed by atoms with Crippen molar-refractivity contribution in [1.29, 1.82) is 0 Å². The number of hydrogen-bond acceptors (Lipinski definition) is 2. The third-order valence-corrected chi connectivity index (χ3v) is 3.05. The number of carbonyl (C=O) groups is 1. The molecule has 0 N–H and O–H groups in total. The molecular weight excluding hydrogens is 280 g/mol. The first-order valence-corrected chi connectivity index (χ1v) is 5.25. The predicted octanol–water partition coefficient (Wildman–Crippen LogP) is 3.37. The fourth-order valence-electron chi connectivity index (χ4n) is 1.53. The van der Waals surface area contributed by atoms with E-state index >= 15 is 0 Å². The number of ether oxygens (including phenoxy) is 1. The smallest absolute Gasteiger partial charge is 0.428 e. The van der Waals surface area contributed by atoms with Crippen molar-refractivity contribution in [3.05, 3.63) is 29.8 Å². The van der Waals surface area contributed by atoms with E-state index in [1.807, 2.05) is 0 Å². The van der Waals surface area contributed by atoms with Gasteiger partial charge in [-0.25, -0.2) is 0 Å². The monoisotopic (exact) mass is 284 g/mol. The molecule has 1 aromatic carbocycles. The van der Waals surface area contributed by atoms with Gasteiger partial charge in [-0.1, -0.05) is 35.3 Å². The summed E-state index contributed by atoms with van der Waals surface area (Å²) in [5, 5.41) is 0. The summed E-state index contributed by atoms with van der Waals surface area (Å²) in [6.07, 6.45) is -7.40. The molecule has 1 aliphatic heterocycles. The summed E-state index contributed by atoms with van der Waals surface area (Å²) >= 11 is 10.9. The van der Waals surface area contributed by atoms with E-state index in [0.29, 0.717) is 0 Å². The van der Waals surface area contributed by atoms with Gasteiger partial charge in [-0.15, -0.1) is 0 Å². The lowest BCUT2D eigenvalue weighted by Crippen LogP contribution is -2.54. The molecule has 1 unspecified atom stereocenters. The van der Waals surface area contributed by atoms with Crippen molar-refractivity contribution >= 4 is 29.0 Å². The van der Waals surface area contributed by atoms with E-state index in [1.165, 1.54) is 24.3 Å². The zero-order valence-corrected chi connectivity index (χ0v) is 9.60. The number of benzene rings is 1. The third kappa shape index (κ3) is 1.98. The number of carbonyl (C=O) groups excluding carboxylic acids is 1. The summed E-state index contributed by atoms with van der Waals surface area (Å²) < 4.78 is 40.0. The molecule has 17 heavy (non-hydrogen) atoms. The predicted molar refractivity (Wildman–Crippen MR) is 55.7 cm³/mol. The van der Waals surface area contributed by atoms with Gasteiger partial charge in [-0.05, 0) is 12.1 Å². The van der Waals surface area contributed by atoms with Gasteiger partial charge in [0.2, 0.25) is 16.2 Å². The Hall–Kier alpha value is -0.940. The number of ketones is 1. The van der Waals surface area contributed by atoms with Gasteiger partial charge < -0.3 is 4.74 Å². The Bertz CT molecular complexity index is 471. The minimum Gasteiger partial charge on any atom is -0.476 e. The average Bonchev–Trinajstić information content (AvgIpc) is 2.22. The summed E-state index contributed by atoms with van der Waals surface area (Å²) in [6.45, 7) is 0. The molecule has 2 rings (SSSR count). The number of hydrogen-bond donors (Lipinski definition) is 0. The van der Waals surface area contributed by atoms with Crippen LogP contribution in [-0.4, -0.2) is 22.4 Å². The Morgan fingerprint density at radius 3 is 2.41 bits per heavy atom. The van der Waals surface area contributed by atoms with E-state index in [9.17, 15) is 18.0 Å². The average molecular weight is 285 g/mol. The molecule has 0 amide bonds. The van der Waals surface area contributed by atoms with Crippen molar-refractivity contribution in [1.82, 2.24) is 0 Å². The fraction of sp³-hybridized carbons (Fsp3) is 0.300. The number of para-hydroxylation sites is 1. The number of fused-ring (bicyclic) bond motifs is 1. The molecule has 0 saturated carbocycles. The van der Waals surface area contributed by atoms with Crippen molar-refractivity contribution in [3.8, 4) is 5.75 Å².